The Morgan fingerprint density at radius 3 is 2.55 bits per heavy atom. The van der Waals surface area contributed by atoms with Crippen molar-refractivity contribution in [3.05, 3.63) is 28.8 Å². The van der Waals surface area contributed by atoms with Crippen LogP contribution in [-0.2, 0) is 0 Å². The van der Waals surface area contributed by atoms with Crippen molar-refractivity contribution in [2.24, 2.45) is 11.3 Å². The molecule has 0 bridgehead atoms. The standard InChI is InChI=1S/C23H35ClN2O3/c1-23(2,3)16-25-11-8-19(9-12-25)29-21-7-6-18(13-20(21)24)22(28)26-10-4-5-17(14-26)15-27/h6-7,13,17,19,27H,4-5,8-12,14-16H2,1-3H3/t17-/m1/s1. The van der Waals surface area contributed by atoms with Gasteiger partial charge in [-0.15, -0.1) is 0 Å². The highest BCUT2D eigenvalue weighted by molar-refractivity contribution is 6.32. The molecule has 2 aliphatic rings. The van der Waals surface area contributed by atoms with E-state index < -0.39 is 0 Å². The van der Waals surface area contributed by atoms with E-state index in [9.17, 15) is 9.90 Å². The van der Waals surface area contributed by atoms with Gasteiger partial charge in [0.1, 0.15) is 11.9 Å². The molecule has 3 rings (SSSR count). The number of likely N-dealkylation sites (tertiary alicyclic amines) is 2. The molecule has 0 spiro atoms. The van der Waals surface area contributed by atoms with Crippen LogP contribution in [0.4, 0.5) is 0 Å². The number of halogens is 1. The Morgan fingerprint density at radius 2 is 1.93 bits per heavy atom. The Hall–Kier alpha value is -1.30. The van der Waals surface area contributed by atoms with Crippen LogP contribution in [0, 0.1) is 11.3 Å². The van der Waals surface area contributed by atoms with E-state index in [1.165, 1.54) is 0 Å². The minimum absolute atomic E-state index is 0.0212. The Kier molecular flexibility index (Phi) is 7.47. The van der Waals surface area contributed by atoms with Gasteiger partial charge >= 0.3 is 0 Å². The number of carbonyl (C=O) groups is 1. The molecule has 0 saturated carbocycles. The van der Waals surface area contributed by atoms with E-state index >= 15 is 0 Å². The first-order valence-electron chi connectivity index (χ1n) is 10.8. The summed E-state index contributed by atoms with van der Waals surface area (Å²) in [4.78, 5) is 17.1. The zero-order valence-electron chi connectivity index (χ0n) is 18.0. The highest BCUT2D eigenvalue weighted by Gasteiger charge is 2.26. The summed E-state index contributed by atoms with van der Waals surface area (Å²) >= 11 is 6.46. The van der Waals surface area contributed by atoms with E-state index in [4.69, 9.17) is 16.3 Å². The number of nitrogens with zero attached hydrogens (tertiary/aromatic N) is 2. The largest absolute Gasteiger partial charge is 0.489 e. The fourth-order valence-electron chi connectivity index (χ4n) is 4.35. The van der Waals surface area contributed by atoms with Gasteiger partial charge in [-0.1, -0.05) is 32.4 Å². The maximum atomic E-state index is 12.8. The topological polar surface area (TPSA) is 53.0 Å². The van der Waals surface area contributed by atoms with Gasteiger partial charge in [-0.25, -0.2) is 0 Å². The summed E-state index contributed by atoms with van der Waals surface area (Å²) in [5.41, 5.74) is 0.895. The van der Waals surface area contributed by atoms with Gasteiger partial charge in [-0.2, -0.15) is 0 Å². The molecule has 0 radical (unpaired) electrons. The third kappa shape index (κ3) is 6.34. The lowest BCUT2D eigenvalue weighted by Crippen LogP contribution is -2.42. The fourth-order valence-corrected chi connectivity index (χ4v) is 4.57. The molecule has 162 valence electrons. The second-order valence-electron chi connectivity index (χ2n) is 9.74. The molecule has 2 saturated heterocycles. The number of hydrogen-bond acceptors (Lipinski definition) is 4. The van der Waals surface area contributed by atoms with Crippen LogP contribution in [0.2, 0.25) is 5.02 Å². The van der Waals surface area contributed by atoms with Crippen LogP contribution >= 0.6 is 11.6 Å². The van der Waals surface area contributed by atoms with Crippen molar-refractivity contribution in [3.63, 3.8) is 0 Å². The Morgan fingerprint density at radius 1 is 1.21 bits per heavy atom. The SMILES string of the molecule is CC(C)(C)CN1CCC(Oc2ccc(C(=O)N3CCC[C@@H](CO)C3)cc2Cl)CC1. The number of aliphatic hydroxyl groups is 1. The van der Waals surface area contributed by atoms with Crippen molar-refractivity contribution < 1.29 is 14.6 Å². The maximum Gasteiger partial charge on any atom is 0.253 e. The quantitative estimate of drug-likeness (QED) is 0.776. The van der Waals surface area contributed by atoms with E-state index in [1.54, 1.807) is 12.1 Å². The number of ether oxygens (including phenoxy) is 1. The van der Waals surface area contributed by atoms with Crippen LogP contribution in [0.5, 0.6) is 5.75 Å². The van der Waals surface area contributed by atoms with Gasteiger partial charge in [-0.05, 0) is 55.2 Å². The third-order valence-corrected chi connectivity index (χ3v) is 6.06. The molecule has 6 heteroatoms. The smallest absolute Gasteiger partial charge is 0.253 e. The van der Waals surface area contributed by atoms with E-state index in [-0.39, 0.29) is 24.5 Å². The molecule has 1 atom stereocenters. The minimum atomic E-state index is -0.0212. The van der Waals surface area contributed by atoms with Crippen LogP contribution < -0.4 is 4.74 Å². The molecular weight excluding hydrogens is 388 g/mol. The Labute approximate surface area is 180 Å². The normalized spacial score (nSPS) is 22.0. The van der Waals surface area contributed by atoms with Gasteiger partial charge < -0.3 is 19.6 Å². The van der Waals surface area contributed by atoms with Gasteiger partial charge in [-0.3, -0.25) is 4.79 Å². The van der Waals surface area contributed by atoms with Crippen LogP contribution in [0.25, 0.3) is 0 Å². The molecule has 1 aromatic rings. The Balaban J connectivity index is 1.55. The second-order valence-corrected chi connectivity index (χ2v) is 10.1. The lowest BCUT2D eigenvalue weighted by Gasteiger charge is -2.36. The van der Waals surface area contributed by atoms with Crippen molar-refractivity contribution in [2.45, 2.75) is 52.6 Å². The molecule has 1 aromatic carbocycles. The number of benzene rings is 1. The molecule has 0 aromatic heterocycles. The molecule has 2 fully saturated rings. The number of rotatable bonds is 5. The molecule has 2 aliphatic heterocycles. The van der Waals surface area contributed by atoms with Crippen molar-refractivity contribution in [2.75, 3.05) is 39.3 Å². The van der Waals surface area contributed by atoms with E-state index in [2.05, 4.69) is 25.7 Å². The molecule has 29 heavy (non-hydrogen) atoms. The van der Waals surface area contributed by atoms with Crippen LogP contribution in [0.3, 0.4) is 0 Å². The van der Waals surface area contributed by atoms with E-state index in [0.717, 1.165) is 51.9 Å². The predicted molar refractivity (Wildman–Crippen MR) is 117 cm³/mol. The molecule has 5 nitrogen and oxygen atoms in total. The monoisotopic (exact) mass is 422 g/mol. The van der Waals surface area contributed by atoms with Gasteiger partial charge in [0.2, 0.25) is 0 Å². The number of piperidine rings is 2. The van der Waals surface area contributed by atoms with Gasteiger partial charge in [0.05, 0.1) is 5.02 Å². The number of aliphatic hydroxyl groups excluding tert-OH is 1. The number of hydrogen-bond donors (Lipinski definition) is 1. The molecule has 0 aliphatic carbocycles. The van der Waals surface area contributed by atoms with Crippen LogP contribution in [0.1, 0.15) is 56.8 Å². The highest BCUT2D eigenvalue weighted by atomic mass is 35.5. The summed E-state index contributed by atoms with van der Waals surface area (Å²) < 4.78 is 6.16. The summed E-state index contributed by atoms with van der Waals surface area (Å²) in [6.45, 7) is 11.5. The van der Waals surface area contributed by atoms with Crippen LogP contribution in [0.15, 0.2) is 18.2 Å². The molecule has 0 unspecified atom stereocenters. The van der Waals surface area contributed by atoms with Crippen molar-refractivity contribution in [1.82, 2.24) is 9.80 Å². The van der Waals surface area contributed by atoms with Crippen molar-refractivity contribution >= 4 is 17.5 Å². The molecular formula is C23H35ClN2O3. The minimum Gasteiger partial charge on any atom is -0.489 e. The first-order chi connectivity index (χ1) is 13.7. The van der Waals surface area contributed by atoms with Gasteiger partial charge in [0, 0.05) is 44.9 Å². The number of carbonyl (C=O) groups excluding carboxylic acids is 1. The number of amides is 1. The zero-order chi connectivity index (χ0) is 21.0. The lowest BCUT2D eigenvalue weighted by atomic mass is 9.94. The average molecular weight is 423 g/mol. The summed E-state index contributed by atoms with van der Waals surface area (Å²) in [7, 11) is 0. The first kappa shape index (κ1) is 22.4. The molecule has 1 amide bonds. The third-order valence-electron chi connectivity index (χ3n) is 5.77. The first-order valence-corrected chi connectivity index (χ1v) is 11.2. The van der Waals surface area contributed by atoms with Crippen molar-refractivity contribution in [1.29, 1.82) is 0 Å². The summed E-state index contributed by atoms with van der Waals surface area (Å²) in [6.07, 6.45) is 4.05. The van der Waals surface area contributed by atoms with Gasteiger partial charge in [0.15, 0.2) is 0 Å². The highest BCUT2D eigenvalue weighted by Crippen LogP contribution is 2.30. The second kappa shape index (κ2) is 9.67. The summed E-state index contributed by atoms with van der Waals surface area (Å²) in [5.74, 6) is 0.811. The van der Waals surface area contributed by atoms with Gasteiger partial charge in [0.25, 0.3) is 5.91 Å². The zero-order valence-corrected chi connectivity index (χ0v) is 18.7. The average Bonchev–Trinajstić information content (AvgIpc) is 2.69. The van der Waals surface area contributed by atoms with E-state index in [1.807, 2.05) is 11.0 Å². The maximum absolute atomic E-state index is 12.8. The van der Waals surface area contributed by atoms with Crippen LogP contribution in [-0.4, -0.2) is 66.2 Å². The van der Waals surface area contributed by atoms with E-state index in [0.29, 0.717) is 28.3 Å². The fraction of sp³-hybridized carbons (Fsp3) is 0.696. The molecule has 2 heterocycles. The summed E-state index contributed by atoms with van der Waals surface area (Å²) in [6, 6.07) is 5.35. The molecule has 1 N–H and O–H groups in total. The van der Waals surface area contributed by atoms with Crippen molar-refractivity contribution in [3.8, 4) is 5.75 Å². The predicted octanol–water partition coefficient (Wildman–Crippen LogP) is 4.07. The summed E-state index contributed by atoms with van der Waals surface area (Å²) in [5, 5.41) is 9.88. The lowest BCUT2D eigenvalue weighted by molar-refractivity contribution is 0.0620. The Bertz CT molecular complexity index is 696.